The molecule has 3 nitrogen and oxygen atoms in total. The molecule has 4 heteroatoms. The topological polar surface area (TPSA) is 30.7 Å². The molecule has 0 aliphatic carbocycles. The van der Waals surface area contributed by atoms with Crippen molar-refractivity contribution in [1.29, 1.82) is 0 Å². The van der Waals surface area contributed by atoms with Crippen molar-refractivity contribution in [2.75, 3.05) is 5.75 Å². The van der Waals surface area contributed by atoms with Crippen LogP contribution < -0.4 is 0 Å². The third kappa shape index (κ3) is 2.05. The quantitative estimate of drug-likeness (QED) is 0.636. The van der Waals surface area contributed by atoms with Crippen LogP contribution in [-0.4, -0.2) is 20.2 Å². The van der Waals surface area contributed by atoms with Gasteiger partial charge >= 0.3 is 0 Å². The van der Waals surface area contributed by atoms with Crippen LogP contribution in [0.15, 0.2) is 12.4 Å². The summed E-state index contributed by atoms with van der Waals surface area (Å²) in [5, 5.41) is 7.45. The highest BCUT2D eigenvalue weighted by atomic mass is 32.2. The maximum Gasteiger partial charge on any atom is 0.0704 e. The van der Waals surface area contributed by atoms with Gasteiger partial charge in [-0.25, -0.2) is 0 Å². The van der Waals surface area contributed by atoms with Gasteiger partial charge < -0.3 is 0 Å². The number of rotatable bonds is 3. The molecule has 9 heavy (non-hydrogen) atoms. The Morgan fingerprint density at radius 1 is 1.67 bits per heavy atom. The van der Waals surface area contributed by atoms with E-state index >= 15 is 0 Å². The first kappa shape index (κ1) is 6.61. The van der Waals surface area contributed by atoms with Gasteiger partial charge in [0.25, 0.3) is 0 Å². The molecule has 1 aromatic rings. The highest BCUT2D eigenvalue weighted by Crippen LogP contribution is 2.02. The monoisotopic (exact) mass is 143 g/mol. The van der Waals surface area contributed by atoms with E-state index in [-0.39, 0.29) is 0 Å². The third-order valence-electron chi connectivity index (χ3n) is 0.828. The minimum absolute atomic E-state index is 1.10. The van der Waals surface area contributed by atoms with Gasteiger partial charge in [0, 0.05) is 5.75 Å². The van der Waals surface area contributed by atoms with Crippen LogP contribution in [0.4, 0.5) is 0 Å². The zero-order valence-corrected chi connectivity index (χ0v) is 6.14. The summed E-state index contributed by atoms with van der Waals surface area (Å²) in [5.41, 5.74) is 0. The third-order valence-corrected chi connectivity index (χ3v) is 1.88. The van der Waals surface area contributed by atoms with Gasteiger partial charge in [0.1, 0.15) is 0 Å². The van der Waals surface area contributed by atoms with Gasteiger partial charge in [-0.15, -0.1) is 5.10 Å². The van der Waals surface area contributed by atoms with Crippen LogP contribution in [0.3, 0.4) is 0 Å². The molecule has 0 aliphatic rings. The highest BCUT2D eigenvalue weighted by molar-refractivity contribution is 7.97. The molecule has 1 rings (SSSR count). The lowest BCUT2D eigenvalue weighted by atomic mass is 10.6. The summed E-state index contributed by atoms with van der Waals surface area (Å²) in [7, 11) is 0. The molecule has 1 aromatic heterocycles. The number of nitrogens with zero attached hydrogens (tertiary/aromatic N) is 3. The van der Waals surface area contributed by atoms with Crippen molar-refractivity contribution in [2.45, 2.75) is 13.3 Å². The van der Waals surface area contributed by atoms with E-state index in [9.17, 15) is 0 Å². The van der Waals surface area contributed by atoms with Gasteiger partial charge in [0.05, 0.1) is 12.4 Å². The Kier molecular flexibility index (Phi) is 2.57. The maximum absolute atomic E-state index is 3.78. The van der Waals surface area contributed by atoms with E-state index in [1.165, 1.54) is 6.42 Å². The van der Waals surface area contributed by atoms with Crippen LogP contribution in [0.1, 0.15) is 13.3 Å². The summed E-state index contributed by atoms with van der Waals surface area (Å²) in [6.07, 6.45) is 4.70. The number of hydrogen-bond donors (Lipinski definition) is 0. The standard InChI is InChI=1S/C5H9N3S/c1-2-5-9-8-4-3-6-7-8/h3-4H,2,5H2,1H3. The zero-order chi connectivity index (χ0) is 6.53. The molecule has 0 radical (unpaired) electrons. The summed E-state index contributed by atoms with van der Waals surface area (Å²) in [4.78, 5) is 0. The first-order chi connectivity index (χ1) is 4.43. The van der Waals surface area contributed by atoms with Crippen molar-refractivity contribution in [3.8, 4) is 0 Å². The molecule has 0 amide bonds. The molecule has 0 fully saturated rings. The molecule has 0 bridgehead atoms. The molecule has 0 saturated carbocycles. The Hall–Kier alpha value is -0.510. The second kappa shape index (κ2) is 3.50. The summed E-state index contributed by atoms with van der Waals surface area (Å²) >= 11 is 1.67. The molecular formula is C5H9N3S. The molecule has 1 heterocycles. The van der Waals surface area contributed by atoms with E-state index in [1.807, 2.05) is 6.20 Å². The molecule has 0 aliphatic heterocycles. The second-order valence-electron chi connectivity index (χ2n) is 1.64. The van der Waals surface area contributed by atoms with E-state index < -0.39 is 0 Å². The van der Waals surface area contributed by atoms with Crippen LogP contribution in [0, 0.1) is 0 Å². The lowest BCUT2D eigenvalue weighted by Crippen LogP contribution is -1.88. The van der Waals surface area contributed by atoms with E-state index in [0.717, 1.165) is 5.75 Å². The summed E-state index contributed by atoms with van der Waals surface area (Å²) in [6.45, 7) is 2.14. The van der Waals surface area contributed by atoms with E-state index in [4.69, 9.17) is 0 Å². The van der Waals surface area contributed by atoms with E-state index in [2.05, 4.69) is 17.2 Å². The lowest BCUT2D eigenvalue weighted by Gasteiger charge is -1.93. The maximum atomic E-state index is 3.78. The molecule has 0 N–H and O–H groups in total. The van der Waals surface area contributed by atoms with Crippen molar-refractivity contribution >= 4 is 11.9 Å². The Morgan fingerprint density at radius 3 is 3.11 bits per heavy atom. The molecular weight excluding hydrogens is 134 g/mol. The molecule has 0 saturated heterocycles. The predicted molar refractivity (Wildman–Crippen MR) is 38.2 cm³/mol. The minimum atomic E-state index is 1.10. The predicted octanol–water partition coefficient (Wildman–Crippen LogP) is 1.18. The summed E-state index contributed by atoms with van der Waals surface area (Å²) in [5.74, 6) is 1.10. The van der Waals surface area contributed by atoms with Crippen LogP contribution >= 0.6 is 11.9 Å². The van der Waals surface area contributed by atoms with Gasteiger partial charge in [-0.3, -0.25) is 0 Å². The molecule has 50 valence electrons. The van der Waals surface area contributed by atoms with Gasteiger partial charge in [0.15, 0.2) is 0 Å². The van der Waals surface area contributed by atoms with Crippen molar-refractivity contribution < 1.29 is 0 Å². The Bertz CT molecular complexity index is 149. The number of aromatic nitrogens is 3. The van der Waals surface area contributed by atoms with Crippen molar-refractivity contribution in [3.63, 3.8) is 0 Å². The van der Waals surface area contributed by atoms with Crippen molar-refractivity contribution in [2.24, 2.45) is 0 Å². The van der Waals surface area contributed by atoms with Crippen LogP contribution in [-0.2, 0) is 0 Å². The van der Waals surface area contributed by atoms with Gasteiger partial charge in [-0.2, -0.15) is 4.09 Å². The molecule has 0 unspecified atom stereocenters. The Balaban J connectivity index is 2.30. The summed E-state index contributed by atoms with van der Waals surface area (Å²) in [6, 6.07) is 0. The fourth-order valence-corrected chi connectivity index (χ4v) is 1.05. The molecule has 0 spiro atoms. The van der Waals surface area contributed by atoms with Crippen LogP contribution in [0.5, 0.6) is 0 Å². The van der Waals surface area contributed by atoms with Gasteiger partial charge in [-0.1, -0.05) is 12.1 Å². The lowest BCUT2D eigenvalue weighted by molar-refractivity contribution is 0.887. The molecule has 0 aromatic carbocycles. The first-order valence-corrected chi connectivity index (χ1v) is 3.87. The van der Waals surface area contributed by atoms with Crippen LogP contribution in [0.2, 0.25) is 0 Å². The first-order valence-electron chi connectivity index (χ1n) is 2.93. The van der Waals surface area contributed by atoms with Crippen LogP contribution in [0.25, 0.3) is 0 Å². The van der Waals surface area contributed by atoms with Crippen molar-refractivity contribution in [3.05, 3.63) is 12.4 Å². The Morgan fingerprint density at radius 2 is 2.56 bits per heavy atom. The van der Waals surface area contributed by atoms with Gasteiger partial charge in [-0.05, 0) is 18.4 Å². The second-order valence-corrected chi connectivity index (χ2v) is 2.68. The fourth-order valence-electron chi connectivity index (χ4n) is 0.451. The van der Waals surface area contributed by atoms with Crippen molar-refractivity contribution in [1.82, 2.24) is 14.4 Å². The average Bonchev–Trinajstić information content (AvgIpc) is 2.34. The fraction of sp³-hybridized carbons (Fsp3) is 0.600. The van der Waals surface area contributed by atoms with E-state index in [1.54, 1.807) is 22.2 Å². The van der Waals surface area contributed by atoms with Gasteiger partial charge in [0.2, 0.25) is 0 Å². The minimum Gasteiger partial charge on any atom is -0.194 e. The molecule has 0 atom stereocenters. The highest BCUT2D eigenvalue weighted by Gasteiger charge is 1.87. The number of hydrogen-bond acceptors (Lipinski definition) is 3. The van der Waals surface area contributed by atoms with E-state index in [0.29, 0.717) is 0 Å². The SMILES string of the molecule is CCCSn1ccnn1. The Labute approximate surface area is 58.6 Å². The normalized spacial score (nSPS) is 9.89. The zero-order valence-electron chi connectivity index (χ0n) is 5.32. The average molecular weight is 143 g/mol. The smallest absolute Gasteiger partial charge is 0.0704 e. The summed E-state index contributed by atoms with van der Waals surface area (Å²) < 4.78 is 1.77. The largest absolute Gasteiger partial charge is 0.194 e.